The van der Waals surface area contributed by atoms with Gasteiger partial charge in [0.15, 0.2) is 0 Å². The molecule has 0 saturated carbocycles. The summed E-state index contributed by atoms with van der Waals surface area (Å²) in [5.41, 5.74) is 7.73. The van der Waals surface area contributed by atoms with Gasteiger partial charge in [-0.1, -0.05) is 22.0 Å². The summed E-state index contributed by atoms with van der Waals surface area (Å²) in [7, 11) is 0. The van der Waals surface area contributed by atoms with Gasteiger partial charge in [-0.15, -0.1) is 0 Å². The van der Waals surface area contributed by atoms with Gasteiger partial charge in [-0.3, -0.25) is 0 Å². The van der Waals surface area contributed by atoms with E-state index in [4.69, 9.17) is 5.73 Å². The van der Waals surface area contributed by atoms with E-state index in [1.165, 1.54) is 17.1 Å². The van der Waals surface area contributed by atoms with Crippen LogP contribution in [0.1, 0.15) is 5.56 Å². The van der Waals surface area contributed by atoms with Gasteiger partial charge in [0.25, 0.3) is 0 Å². The first kappa shape index (κ1) is 9.61. The number of aromatic nitrogens is 2. The summed E-state index contributed by atoms with van der Waals surface area (Å²) < 4.78 is 4.99. The summed E-state index contributed by atoms with van der Waals surface area (Å²) in [6.07, 6.45) is 0. The molecule has 5 heteroatoms. The normalized spacial score (nSPS) is 10.4. The van der Waals surface area contributed by atoms with Crippen molar-refractivity contribution in [2.45, 2.75) is 6.92 Å². The lowest BCUT2D eigenvalue weighted by Gasteiger charge is -2.01. The van der Waals surface area contributed by atoms with Crippen LogP contribution < -0.4 is 5.73 Å². The smallest absolute Gasteiger partial charge is 0.232 e. The Morgan fingerprint density at radius 1 is 1.43 bits per heavy atom. The number of aryl methyl sites for hydroxylation is 1. The Bertz CT molecular complexity index is 467. The molecule has 14 heavy (non-hydrogen) atoms. The summed E-state index contributed by atoms with van der Waals surface area (Å²) in [4.78, 5) is 4.15. The van der Waals surface area contributed by atoms with Gasteiger partial charge in [0.05, 0.1) is 0 Å². The molecule has 0 aliphatic rings. The molecule has 0 atom stereocenters. The van der Waals surface area contributed by atoms with E-state index in [9.17, 15) is 0 Å². The molecule has 0 unspecified atom stereocenters. The molecule has 0 aliphatic carbocycles. The molecule has 2 aromatic rings. The number of nitrogens with zero attached hydrogens (tertiary/aromatic N) is 2. The number of nitrogens with two attached hydrogens (primary N) is 1. The minimum Gasteiger partial charge on any atom is -0.367 e. The van der Waals surface area contributed by atoms with Gasteiger partial charge >= 0.3 is 0 Å². The van der Waals surface area contributed by atoms with Crippen LogP contribution in [-0.4, -0.2) is 9.36 Å². The standard InChI is InChI=1S/C9H8BrN3S/c1-5-2-3-6(10)4-7(5)8-12-9(11)13-14-8/h2-4H,1H3,(H2,11,13). The van der Waals surface area contributed by atoms with Crippen LogP contribution in [0.15, 0.2) is 22.7 Å². The number of halogens is 1. The van der Waals surface area contributed by atoms with Crippen molar-refractivity contribution in [1.29, 1.82) is 0 Å². The van der Waals surface area contributed by atoms with E-state index in [1.807, 2.05) is 25.1 Å². The van der Waals surface area contributed by atoms with Crippen LogP contribution in [0, 0.1) is 6.92 Å². The largest absolute Gasteiger partial charge is 0.367 e. The second kappa shape index (κ2) is 3.67. The minimum atomic E-state index is 0.337. The zero-order chi connectivity index (χ0) is 10.1. The van der Waals surface area contributed by atoms with E-state index in [-0.39, 0.29) is 0 Å². The summed E-state index contributed by atoms with van der Waals surface area (Å²) in [6.45, 7) is 2.04. The third-order valence-corrected chi connectivity index (χ3v) is 3.13. The second-order valence-electron chi connectivity index (χ2n) is 2.92. The Labute approximate surface area is 94.3 Å². The highest BCUT2D eigenvalue weighted by molar-refractivity contribution is 9.10. The lowest BCUT2D eigenvalue weighted by molar-refractivity contribution is 1.33. The van der Waals surface area contributed by atoms with Gasteiger partial charge in [-0.2, -0.15) is 9.36 Å². The molecule has 2 N–H and O–H groups in total. The molecule has 1 aromatic carbocycles. The average Bonchev–Trinajstić information content (AvgIpc) is 2.56. The number of hydrogen-bond acceptors (Lipinski definition) is 4. The Morgan fingerprint density at radius 2 is 2.21 bits per heavy atom. The van der Waals surface area contributed by atoms with Crippen molar-refractivity contribution in [1.82, 2.24) is 9.36 Å². The van der Waals surface area contributed by atoms with Crippen LogP contribution in [0.2, 0.25) is 0 Å². The van der Waals surface area contributed by atoms with E-state index < -0.39 is 0 Å². The summed E-state index contributed by atoms with van der Waals surface area (Å²) in [5.74, 6) is 0.337. The van der Waals surface area contributed by atoms with Crippen molar-refractivity contribution >= 4 is 33.4 Å². The fourth-order valence-electron chi connectivity index (χ4n) is 1.17. The van der Waals surface area contributed by atoms with Gasteiger partial charge in [0.2, 0.25) is 5.95 Å². The first-order valence-corrected chi connectivity index (χ1v) is 5.59. The van der Waals surface area contributed by atoms with Crippen LogP contribution in [0.4, 0.5) is 5.95 Å². The predicted octanol–water partition coefficient (Wildman–Crippen LogP) is 2.86. The zero-order valence-electron chi connectivity index (χ0n) is 7.49. The predicted molar refractivity (Wildman–Crippen MR) is 62.2 cm³/mol. The molecular weight excluding hydrogens is 262 g/mol. The van der Waals surface area contributed by atoms with Gasteiger partial charge in [-0.05, 0) is 36.2 Å². The van der Waals surface area contributed by atoms with Crippen LogP contribution in [0.3, 0.4) is 0 Å². The molecule has 0 bridgehead atoms. The Morgan fingerprint density at radius 3 is 2.86 bits per heavy atom. The van der Waals surface area contributed by atoms with Crippen molar-refractivity contribution in [3.8, 4) is 10.6 Å². The van der Waals surface area contributed by atoms with Crippen molar-refractivity contribution < 1.29 is 0 Å². The van der Waals surface area contributed by atoms with E-state index in [0.29, 0.717) is 5.95 Å². The van der Waals surface area contributed by atoms with Crippen LogP contribution in [0.25, 0.3) is 10.6 Å². The SMILES string of the molecule is Cc1ccc(Br)cc1-c1nc(N)ns1. The Kier molecular flexibility index (Phi) is 2.52. The average molecular weight is 270 g/mol. The molecule has 0 fully saturated rings. The van der Waals surface area contributed by atoms with Crippen molar-refractivity contribution in [3.05, 3.63) is 28.2 Å². The summed E-state index contributed by atoms with van der Waals surface area (Å²) in [6, 6.07) is 6.06. The molecule has 2 rings (SSSR count). The van der Waals surface area contributed by atoms with E-state index >= 15 is 0 Å². The van der Waals surface area contributed by atoms with Gasteiger partial charge in [-0.25, -0.2) is 0 Å². The van der Waals surface area contributed by atoms with E-state index in [0.717, 1.165) is 15.0 Å². The Balaban J connectivity index is 2.55. The Hall–Kier alpha value is -0.940. The molecule has 72 valence electrons. The molecule has 0 aliphatic heterocycles. The van der Waals surface area contributed by atoms with Gasteiger partial charge in [0, 0.05) is 10.0 Å². The number of rotatable bonds is 1. The zero-order valence-corrected chi connectivity index (χ0v) is 9.89. The number of anilines is 1. The van der Waals surface area contributed by atoms with E-state index in [1.54, 1.807) is 0 Å². The highest BCUT2D eigenvalue weighted by Crippen LogP contribution is 2.28. The number of benzene rings is 1. The minimum absolute atomic E-state index is 0.337. The highest BCUT2D eigenvalue weighted by Gasteiger charge is 2.07. The van der Waals surface area contributed by atoms with Crippen molar-refractivity contribution in [3.63, 3.8) is 0 Å². The first-order valence-electron chi connectivity index (χ1n) is 4.02. The molecule has 0 saturated heterocycles. The number of nitrogen functional groups attached to an aromatic ring is 1. The summed E-state index contributed by atoms with van der Waals surface area (Å²) in [5, 5.41) is 0.862. The lowest BCUT2D eigenvalue weighted by atomic mass is 10.1. The fraction of sp³-hybridized carbons (Fsp3) is 0.111. The van der Waals surface area contributed by atoms with Crippen LogP contribution in [-0.2, 0) is 0 Å². The first-order chi connectivity index (χ1) is 6.66. The molecule has 1 heterocycles. The van der Waals surface area contributed by atoms with Crippen LogP contribution in [0.5, 0.6) is 0 Å². The molecule has 0 amide bonds. The van der Waals surface area contributed by atoms with Gasteiger partial charge < -0.3 is 5.73 Å². The molecular formula is C9H8BrN3S. The third kappa shape index (κ3) is 1.78. The summed E-state index contributed by atoms with van der Waals surface area (Å²) >= 11 is 4.74. The maximum atomic E-state index is 5.48. The second-order valence-corrected chi connectivity index (χ2v) is 4.58. The molecule has 3 nitrogen and oxygen atoms in total. The van der Waals surface area contributed by atoms with Crippen molar-refractivity contribution in [2.75, 3.05) is 5.73 Å². The molecule has 1 aromatic heterocycles. The maximum absolute atomic E-state index is 5.48. The maximum Gasteiger partial charge on any atom is 0.232 e. The molecule has 0 spiro atoms. The molecule has 0 radical (unpaired) electrons. The fourth-order valence-corrected chi connectivity index (χ4v) is 2.20. The number of hydrogen-bond donors (Lipinski definition) is 1. The topological polar surface area (TPSA) is 51.8 Å². The third-order valence-electron chi connectivity index (χ3n) is 1.87. The van der Waals surface area contributed by atoms with E-state index in [2.05, 4.69) is 25.3 Å². The monoisotopic (exact) mass is 269 g/mol. The van der Waals surface area contributed by atoms with Crippen molar-refractivity contribution in [2.24, 2.45) is 0 Å². The van der Waals surface area contributed by atoms with Gasteiger partial charge in [0.1, 0.15) is 5.01 Å². The lowest BCUT2D eigenvalue weighted by Crippen LogP contribution is -1.87. The highest BCUT2D eigenvalue weighted by atomic mass is 79.9. The van der Waals surface area contributed by atoms with Crippen LogP contribution >= 0.6 is 27.5 Å². The quantitative estimate of drug-likeness (QED) is 0.866.